The van der Waals surface area contributed by atoms with E-state index in [1.165, 1.54) is 23.8 Å². The average Bonchev–Trinajstić information content (AvgIpc) is 3.37. The quantitative estimate of drug-likeness (QED) is 0.200. The summed E-state index contributed by atoms with van der Waals surface area (Å²) < 4.78 is 0.757. The van der Waals surface area contributed by atoms with Gasteiger partial charge in [-0.15, -0.1) is 47.9 Å². The van der Waals surface area contributed by atoms with Gasteiger partial charge >= 0.3 is 0 Å². The number of nitrogen functional groups attached to an aromatic ring is 1. The number of quaternary nitrogens is 1. The minimum atomic E-state index is -1.37. The van der Waals surface area contributed by atoms with E-state index in [2.05, 4.69) is 22.5 Å². The number of carboxylic acids is 1. The van der Waals surface area contributed by atoms with Crippen LogP contribution in [0.2, 0.25) is 0 Å². The van der Waals surface area contributed by atoms with E-state index in [1.54, 1.807) is 5.38 Å². The summed E-state index contributed by atoms with van der Waals surface area (Å²) >= 11 is 2.57. The summed E-state index contributed by atoms with van der Waals surface area (Å²) in [5.41, 5.74) is 6.39. The summed E-state index contributed by atoms with van der Waals surface area (Å²) in [4.78, 5) is 47.7. The summed E-state index contributed by atoms with van der Waals surface area (Å²) in [6, 6.07) is -0.891. The number of rotatable bonds is 7. The third-order valence-electron chi connectivity index (χ3n) is 5.91. The number of likely N-dealkylation sites (tertiary alicyclic amines) is 1. The van der Waals surface area contributed by atoms with Crippen LogP contribution >= 0.6 is 47.9 Å². The molecule has 0 saturated carbocycles. The van der Waals surface area contributed by atoms with Gasteiger partial charge in [-0.1, -0.05) is 5.16 Å². The molecule has 3 N–H and O–H groups in total. The Morgan fingerprint density at radius 1 is 1.38 bits per heavy atom. The molecular formula is C19H26Cl2N6O5S2. The molecule has 0 radical (unpaired) electrons. The number of carbonyl (C=O) groups excluding carboxylic acids is 3. The molecule has 1 unspecified atom stereocenters. The van der Waals surface area contributed by atoms with E-state index in [9.17, 15) is 19.5 Å². The molecule has 1 aromatic rings. The fraction of sp³-hybridized carbons (Fsp3) is 0.526. The second-order valence-corrected chi connectivity index (χ2v) is 10.2. The Hall–Kier alpha value is -2.06. The van der Waals surface area contributed by atoms with Crippen LogP contribution in [0.3, 0.4) is 0 Å². The Morgan fingerprint density at radius 2 is 2.06 bits per heavy atom. The van der Waals surface area contributed by atoms with Crippen LogP contribution in [-0.4, -0.2) is 88.8 Å². The van der Waals surface area contributed by atoms with Gasteiger partial charge in [-0.25, -0.2) is 4.98 Å². The van der Waals surface area contributed by atoms with Gasteiger partial charge in [0.05, 0.1) is 31.8 Å². The number of anilines is 1. The monoisotopic (exact) mass is 552 g/mol. The van der Waals surface area contributed by atoms with Gasteiger partial charge in [0.25, 0.3) is 11.8 Å². The molecule has 2 atom stereocenters. The fourth-order valence-electron chi connectivity index (χ4n) is 4.41. The third-order valence-corrected chi connectivity index (χ3v) is 7.92. The van der Waals surface area contributed by atoms with Crippen molar-refractivity contribution in [2.75, 3.05) is 45.3 Å². The normalized spacial score (nSPS) is 23.3. The molecule has 3 aliphatic heterocycles. The number of aliphatic carboxylic acids is 1. The maximum atomic E-state index is 12.9. The SMILES string of the molecule is CO/N=C(\C(=O)NC1C(=O)N2C(C(=O)[O-])=C(C[N+]3(C)CCCC3)CS[C@H]12)c1csc(N)n1.Cl.Cl. The first-order chi connectivity index (χ1) is 15.2. The lowest BCUT2D eigenvalue weighted by molar-refractivity contribution is -0.893. The molecule has 0 aromatic carbocycles. The molecule has 15 heteroatoms. The number of oxime groups is 1. The van der Waals surface area contributed by atoms with Gasteiger partial charge < -0.3 is 30.3 Å². The molecule has 34 heavy (non-hydrogen) atoms. The average molecular weight is 553 g/mol. The molecule has 4 rings (SSSR count). The van der Waals surface area contributed by atoms with Crippen LogP contribution in [0.25, 0.3) is 0 Å². The van der Waals surface area contributed by atoms with Gasteiger partial charge in [-0.05, 0) is 0 Å². The molecule has 0 spiro atoms. The lowest BCUT2D eigenvalue weighted by Gasteiger charge is -2.51. The Balaban J connectivity index is 0.00000204. The number of amides is 2. The number of hydrogen-bond acceptors (Lipinski definition) is 10. The first-order valence-corrected chi connectivity index (χ1v) is 12.0. The first-order valence-electron chi connectivity index (χ1n) is 10.1. The minimum absolute atomic E-state index is 0. The number of nitrogens with zero attached hydrogens (tertiary/aromatic N) is 4. The van der Waals surface area contributed by atoms with Crippen molar-refractivity contribution >= 4 is 76.5 Å². The van der Waals surface area contributed by atoms with Crippen molar-refractivity contribution in [1.29, 1.82) is 0 Å². The zero-order valence-corrected chi connectivity index (χ0v) is 21.8. The number of carbonyl (C=O) groups is 3. The summed E-state index contributed by atoms with van der Waals surface area (Å²) in [6.07, 6.45) is 2.21. The van der Waals surface area contributed by atoms with Gasteiger partial charge in [0.2, 0.25) is 0 Å². The number of halogens is 2. The van der Waals surface area contributed by atoms with Gasteiger partial charge in [0.1, 0.15) is 30.8 Å². The number of carboxylic acid groups (broad SMARTS) is 1. The number of nitrogens with two attached hydrogens (primary N) is 1. The molecule has 2 amide bonds. The number of fused-ring (bicyclic) bond motifs is 1. The predicted molar refractivity (Wildman–Crippen MR) is 132 cm³/mol. The van der Waals surface area contributed by atoms with Crippen molar-refractivity contribution < 1.29 is 28.8 Å². The number of likely N-dealkylation sites (N-methyl/N-ethyl adjacent to an activating group) is 1. The van der Waals surface area contributed by atoms with Crippen molar-refractivity contribution in [3.63, 3.8) is 0 Å². The van der Waals surface area contributed by atoms with Gasteiger partial charge in [0.15, 0.2) is 10.8 Å². The number of thiazole rings is 1. The van der Waals surface area contributed by atoms with E-state index in [0.29, 0.717) is 17.9 Å². The highest BCUT2D eigenvalue weighted by Crippen LogP contribution is 2.41. The van der Waals surface area contributed by atoms with Crippen LogP contribution in [0.4, 0.5) is 5.13 Å². The standard InChI is InChI=1S/C19H24N6O5S2.2ClH/c1-25(5-3-4-6-25)7-10-8-31-17-13(16(27)24(17)14(10)18(28)29)22-15(26)12(23-30-2)11-9-32-19(20)21-11;;/h9,13,17H,3-8H2,1-2H3,(H3-,20,21,22,26,28,29);2*1H/b23-12-;;/t13?,17-;;/m1../s1. The molecule has 3 aliphatic rings. The summed E-state index contributed by atoms with van der Waals surface area (Å²) in [5, 5.41) is 19.6. The lowest BCUT2D eigenvalue weighted by Crippen LogP contribution is -2.71. The van der Waals surface area contributed by atoms with E-state index in [1.807, 2.05) is 0 Å². The van der Waals surface area contributed by atoms with E-state index in [0.717, 1.165) is 41.8 Å². The Labute approximate surface area is 217 Å². The Kier molecular flexibility index (Phi) is 9.22. The van der Waals surface area contributed by atoms with Crippen LogP contribution in [-0.2, 0) is 19.2 Å². The smallest absolute Gasteiger partial charge is 0.276 e. The van der Waals surface area contributed by atoms with Crippen LogP contribution in [0.1, 0.15) is 18.5 Å². The summed E-state index contributed by atoms with van der Waals surface area (Å²) in [5.74, 6) is -2.06. The number of thioether (sulfide) groups is 1. The van der Waals surface area contributed by atoms with Gasteiger partial charge in [-0.2, -0.15) is 0 Å². The molecule has 188 valence electrons. The summed E-state index contributed by atoms with van der Waals surface area (Å²) in [6.45, 7) is 2.53. The van der Waals surface area contributed by atoms with Gasteiger partial charge in [0, 0.05) is 29.5 Å². The van der Waals surface area contributed by atoms with E-state index in [4.69, 9.17) is 10.6 Å². The van der Waals surface area contributed by atoms with Crippen LogP contribution in [0, 0.1) is 0 Å². The maximum Gasteiger partial charge on any atom is 0.276 e. The van der Waals surface area contributed by atoms with Crippen LogP contribution < -0.4 is 16.2 Å². The highest BCUT2D eigenvalue weighted by atomic mass is 35.5. The summed E-state index contributed by atoms with van der Waals surface area (Å²) in [7, 11) is 3.39. The second-order valence-electron chi connectivity index (χ2n) is 8.23. The first kappa shape index (κ1) is 28.2. The molecule has 2 saturated heterocycles. The zero-order valence-electron chi connectivity index (χ0n) is 18.5. The van der Waals surface area contributed by atoms with Crippen molar-refractivity contribution in [1.82, 2.24) is 15.2 Å². The van der Waals surface area contributed by atoms with Crippen molar-refractivity contribution in [2.45, 2.75) is 24.3 Å². The van der Waals surface area contributed by atoms with Crippen molar-refractivity contribution in [2.24, 2.45) is 5.16 Å². The molecule has 0 bridgehead atoms. The Morgan fingerprint density at radius 3 is 2.62 bits per heavy atom. The minimum Gasteiger partial charge on any atom is -0.543 e. The Bertz CT molecular complexity index is 1030. The maximum absolute atomic E-state index is 12.9. The highest BCUT2D eigenvalue weighted by Gasteiger charge is 2.53. The number of aromatic nitrogens is 1. The second kappa shape index (κ2) is 11.1. The van der Waals surface area contributed by atoms with Crippen LogP contribution in [0.15, 0.2) is 21.8 Å². The number of hydrogen-bond donors (Lipinski definition) is 2. The molecule has 4 heterocycles. The van der Waals surface area contributed by atoms with E-state index < -0.39 is 29.2 Å². The molecule has 2 fully saturated rings. The van der Waals surface area contributed by atoms with Gasteiger partial charge in [-0.3, -0.25) is 14.5 Å². The fourth-order valence-corrected chi connectivity index (χ4v) is 6.30. The molecule has 0 aliphatic carbocycles. The lowest BCUT2D eigenvalue weighted by atomic mass is 10.0. The van der Waals surface area contributed by atoms with E-state index in [-0.39, 0.29) is 47.0 Å². The third kappa shape index (κ3) is 5.28. The topological polar surface area (TPSA) is 150 Å². The van der Waals surface area contributed by atoms with Crippen molar-refractivity contribution in [3.8, 4) is 0 Å². The van der Waals surface area contributed by atoms with E-state index >= 15 is 0 Å². The molecular weight excluding hydrogens is 527 g/mol. The number of β-lactam (4-membered cyclic amide) rings is 1. The zero-order chi connectivity index (χ0) is 23.0. The number of nitrogens with one attached hydrogen (secondary N) is 1. The largest absolute Gasteiger partial charge is 0.543 e. The highest BCUT2D eigenvalue weighted by molar-refractivity contribution is 8.00. The predicted octanol–water partition coefficient (Wildman–Crippen LogP) is -0.436. The van der Waals surface area contributed by atoms with Crippen molar-refractivity contribution in [3.05, 3.63) is 22.3 Å². The molecule has 1 aromatic heterocycles. The van der Waals surface area contributed by atoms with Crippen LogP contribution in [0.5, 0.6) is 0 Å². The molecule has 11 nitrogen and oxygen atoms in total.